The number of carbonyl (C=O) groups excluding carboxylic acids is 7. The topological polar surface area (TPSA) is 206 Å². The van der Waals surface area contributed by atoms with Gasteiger partial charge in [0, 0.05) is 32.2 Å². The zero-order chi connectivity index (χ0) is 30.0. The highest BCUT2D eigenvalue weighted by Gasteiger charge is 2.36. The van der Waals surface area contributed by atoms with Gasteiger partial charge < -0.3 is 31.7 Å². The summed E-state index contributed by atoms with van der Waals surface area (Å²) in [4.78, 5) is 86.3. The van der Waals surface area contributed by atoms with Gasteiger partial charge >= 0.3 is 0 Å². The fourth-order valence-corrected chi connectivity index (χ4v) is 3.98. The highest BCUT2D eigenvalue weighted by Crippen LogP contribution is 2.17. The summed E-state index contributed by atoms with van der Waals surface area (Å²) in [6.07, 6.45) is -0.737. The van der Waals surface area contributed by atoms with Crippen LogP contribution in [0, 0.1) is 0 Å². The molecule has 1 fully saturated rings. The number of thiol groups is 1. The Bertz CT molecular complexity index is 1140. The summed E-state index contributed by atoms with van der Waals surface area (Å²) in [6.45, 7) is 2.98. The number of primary amides is 1. The highest BCUT2D eigenvalue weighted by molar-refractivity contribution is 7.81. The van der Waals surface area contributed by atoms with Crippen LogP contribution in [0.4, 0.5) is 5.69 Å². The van der Waals surface area contributed by atoms with E-state index in [0.29, 0.717) is 12.3 Å². The molecule has 3 unspecified atom stereocenters. The smallest absolute Gasteiger partial charge is 0.247 e. The summed E-state index contributed by atoms with van der Waals surface area (Å²) in [6, 6.07) is 3.22. The molecule has 1 aromatic rings. The van der Waals surface area contributed by atoms with Crippen molar-refractivity contribution < 1.29 is 38.3 Å². The molecule has 1 aromatic carbocycles. The Balaban J connectivity index is 1.87. The van der Waals surface area contributed by atoms with E-state index in [1.54, 1.807) is 31.4 Å². The normalized spacial score (nSPS) is 17.0. The number of nitrogens with one attached hydrogen (secondary N) is 4. The zero-order valence-corrected chi connectivity index (χ0v) is 23.3. The lowest BCUT2D eigenvalue weighted by Crippen LogP contribution is -2.55. The summed E-state index contributed by atoms with van der Waals surface area (Å²) < 4.78 is 5.03. The monoisotopic (exact) mass is 578 g/mol. The number of anilines is 1. The van der Waals surface area contributed by atoms with E-state index in [1.807, 2.05) is 0 Å². The molecule has 0 radical (unpaired) electrons. The Morgan fingerprint density at radius 1 is 1.00 bits per heavy atom. The first-order valence-corrected chi connectivity index (χ1v) is 12.9. The molecule has 0 aliphatic carbocycles. The van der Waals surface area contributed by atoms with Crippen molar-refractivity contribution in [2.45, 2.75) is 63.1 Å². The first-order valence-electron chi connectivity index (χ1n) is 12.4. The second-order valence-electron chi connectivity index (χ2n) is 9.22. The van der Waals surface area contributed by atoms with Crippen molar-refractivity contribution in [3.8, 4) is 0 Å². The maximum atomic E-state index is 12.7. The molecule has 4 atom stereocenters. The molecule has 6 N–H and O–H groups in total. The highest BCUT2D eigenvalue weighted by atomic mass is 32.1. The molecule has 1 aliphatic rings. The van der Waals surface area contributed by atoms with Gasteiger partial charge in [-0.25, -0.2) is 0 Å². The van der Waals surface area contributed by atoms with E-state index in [0.717, 1.165) is 10.5 Å². The quantitative estimate of drug-likeness (QED) is 0.114. The van der Waals surface area contributed by atoms with Crippen molar-refractivity contribution >= 4 is 59.7 Å². The zero-order valence-electron chi connectivity index (χ0n) is 22.4. The second kappa shape index (κ2) is 15.0. The molecule has 1 aliphatic heterocycles. The maximum absolute atomic E-state index is 12.7. The van der Waals surface area contributed by atoms with E-state index in [4.69, 9.17) is 10.5 Å². The molecule has 1 heterocycles. The van der Waals surface area contributed by atoms with Crippen molar-refractivity contribution in [3.05, 3.63) is 29.8 Å². The largest absolute Gasteiger partial charge is 0.380 e. The number of hydrogen-bond donors (Lipinski definition) is 6. The minimum atomic E-state index is -1.31. The number of hydrogen-bond acceptors (Lipinski definition) is 9. The number of imide groups is 1. The first kappa shape index (κ1) is 32.2. The van der Waals surface area contributed by atoms with Gasteiger partial charge in [0.1, 0.15) is 18.1 Å². The fourth-order valence-electron chi connectivity index (χ4n) is 3.68. The molecule has 14 nitrogen and oxygen atoms in total. The number of nitrogens with two attached hydrogens (primary N) is 1. The second-order valence-corrected chi connectivity index (χ2v) is 9.85. The van der Waals surface area contributed by atoms with Crippen LogP contribution in [0.2, 0.25) is 0 Å². The molecule has 0 spiro atoms. The number of ether oxygens (including phenoxy) is 1. The SMILES string of the molecule is COCc1ccc(NC(=O)C(CC(N)=O)NC(=O)[C@H](C)NC(=O)C(C)NC(=O)CCN2C(=O)CC(S)C2=O)cc1. The molecule has 15 heteroatoms. The summed E-state index contributed by atoms with van der Waals surface area (Å²) in [5.74, 6) is -4.47. The van der Waals surface area contributed by atoms with Crippen molar-refractivity contribution in [1.29, 1.82) is 0 Å². The molecule has 0 aromatic heterocycles. The van der Waals surface area contributed by atoms with Gasteiger partial charge in [0.15, 0.2) is 0 Å². The number of rotatable bonds is 14. The predicted molar refractivity (Wildman–Crippen MR) is 145 cm³/mol. The Morgan fingerprint density at radius 2 is 1.60 bits per heavy atom. The third kappa shape index (κ3) is 9.64. The number of benzene rings is 1. The van der Waals surface area contributed by atoms with Crippen LogP contribution in [0.1, 0.15) is 38.7 Å². The lowest BCUT2D eigenvalue weighted by atomic mass is 10.1. The fraction of sp³-hybridized carbons (Fsp3) is 0.480. The number of methoxy groups -OCH3 is 1. The van der Waals surface area contributed by atoms with Crippen molar-refractivity contribution in [3.63, 3.8) is 0 Å². The van der Waals surface area contributed by atoms with E-state index in [-0.39, 0.29) is 19.4 Å². The number of nitrogens with zero attached hydrogens (tertiary/aromatic N) is 1. The summed E-state index contributed by atoms with van der Waals surface area (Å²) in [5.41, 5.74) is 6.54. The Kier molecular flexibility index (Phi) is 12.1. The van der Waals surface area contributed by atoms with Gasteiger partial charge in [-0.1, -0.05) is 12.1 Å². The van der Waals surface area contributed by atoms with Crippen molar-refractivity contribution in [2.75, 3.05) is 19.0 Å². The van der Waals surface area contributed by atoms with Crippen LogP contribution in [0.15, 0.2) is 24.3 Å². The van der Waals surface area contributed by atoms with E-state index in [1.165, 1.54) is 13.8 Å². The van der Waals surface area contributed by atoms with Crippen LogP contribution >= 0.6 is 12.6 Å². The number of amides is 7. The van der Waals surface area contributed by atoms with Crippen LogP contribution in [0.5, 0.6) is 0 Å². The summed E-state index contributed by atoms with van der Waals surface area (Å²) in [5, 5.41) is 9.11. The summed E-state index contributed by atoms with van der Waals surface area (Å²) in [7, 11) is 1.55. The summed E-state index contributed by atoms with van der Waals surface area (Å²) >= 11 is 4.01. The third-order valence-electron chi connectivity index (χ3n) is 5.88. The molecular weight excluding hydrogens is 544 g/mol. The predicted octanol–water partition coefficient (Wildman–Crippen LogP) is -1.41. The van der Waals surface area contributed by atoms with Gasteiger partial charge in [0.05, 0.1) is 18.3 Å². The Hall–Kier alpha value is -3.98. The molecule has 0 bridgehead atoms. The standard InChI is InChI=1S/C25H34N6O8S/c1-13(27-20(33)8-9-31-21(34)11-18(40)25(31)38)22(35)28-14(2)23(36)30-17(10-19(26)32)24(37)29-16-6-4-15(5-7-16)12-39-3/h4-7,13-14,17-18,40H,8-12H2,1-3H3,(H2,26,32)(H,27,33)(H,28,35)(H,29,37)(H,30,36)/t13?,14-,17?,18?/m0/s1. The molecular formula is C25H34N6O8S. The van der Waals surface area contributed by atoms with Gasteiger partial charge in [-0.05, 0) is 31.5 Å². The Morgan fingerprint density at radius 3 is 2.15 bits per heavy atom. The van der Waals surface area contributed by atoms with Crippen LogP contribution in [-0.2, 0) is 44.9 Å². The van der Waals surface area contributed by atoms with Crippen molar-refractivity contribution in [1.82, 2.24) is 20.9 Å². The van der Waals surface area contributed by atoms with Gasteiger partial charge in [0.25, 0.3) is 0 Å². The van der Waals surface area contributed by atoms with Crippen LogP contribution in [0.3, 0.4) is 0 Å². The van der Waals surface area contributed by atoms with Crippen LogP contribution in [0.25, 0.3) is 0 Å². The van der Waals surface area contributed by atoms with Gasteiger partial charge in [0.2, 0.25) is 41.4 Å². The molecule has 0 saturated carbocycles. The molecule has 218 valence electrons. The van der Waals surface area contributed by atoms with E-state index < -0.39 is 71.1 Å². The minimum Gasteiger partial charge on any atom is -0.380 e. The van der Waals surface area contributed by atoms with Gasteiger partial charge in [-0.2, -0.15) is 12.6 Å². The molecule has 2 rings (SSSR count). The van der Waals surface area contributed by atoms with Gasteiger partial charge in [-0.15, -0.1) is 0 Å². The molecule has 7 amide bonds. The average Bonchev–Trinajstić information content (AvgIpc) is 3.13. The molecule has 40 heavy (non-hydrogen) atoms. The van der Waals surface area contributed by atoms with Crippen LogP contribution < -0.4 is 27.0 Å². The lowest BCUT2D eigenvalue weighted by Gasteiger charge is -2.22. The minimum absolute atomic E-state index is 0.0355. The first-order chi connectivity index (χ1) is 18.8. The third-order valence-corrected chi connectivity index (χ3v) is 6.28. The molecule has 1 saturated heterocycles. The van der Waals surface area contributed by atoms with Gasteiger partial charge in [-0.3, -0.25) is 38.5 Å². The van der Waals surface area contributed by atoms with Crippen molar-refractivity contribution in [2.24, 2.45) is 5.73 Å². The maximum Gasteiger partial charge on any atom is 0.247 e. The van der Waals surface area contributed by atoms with E-state index in [9.17, 15) is 33.6 Å². The van der Waals surface area contributed by atoms with E-state index >= 15 is 0 Å². The van der Waals surface area contributed by atoms with Crippen LogP contribution in [-0.4, -0.2) is 83.3 Å². The lowest BCUT2D eigenvalue weighted by molar-refractivity contribution is -0.139. The number of likely N-dealkylation sites (tertiary alicyclic amines) is 1. The van der Waals surface area contributed by atoms with E-state index in [2.05, 4.69) is 33.9 Å². The Labute approximate surface area is 236 Å². The average molecular weight is 579 g/mol. The number of carbonyl (C=O) groups is 7.